The summed E-state index contributed by atoms with van der Waals surface area (Å²) in [6.45, 7) is 0.656. The highest BCUT2D eigenvalue weighted by Gasteiger charge is 2.47. The molecule has 0 aliphatic carbocycles. The third-order valence-electron chi connectivity index (χ3n) is 6.91. The first-order chi connectivity index (χ1) is 15.6. The third kappa shape index (κ3) is 3.45. The molecule has 1 fully saturated rings. The number of carbonyl (C=O) groups excluding carboxylic acids is 1. The van der Waals surface area contributed by atoms with Gasteiger partial charge in [0.15, 0.2) is 0 Å². The Bertz CT molecular complexity index is 1140. The van der Waals surface area contributed by atoms with Crippen molar-refractivity contribution in [2.75, 3.05) is 25.1 Å². The monoisotopic (exact) mass is 431 g/mol. The Morgan fingerprint density at radius 1 is 1.16 bits per heavy atom. The lowest BCUT2D eigenvalue weighted by molar-refractivity contribution is -0.132. The number of aliphatic hydroxyl groups is 1. The van der Waals surface area contributed by atoms with Gasteiger partial charge in [0.2, 0.25) is 5.91 Å². The predicted molar refractivity (Wildman–Crippen MR) is 122 cm³/mol. The Balaban J connectivity index is 1.56. The van der Waals surface area contributed by atoms with Gasteiger partial charge in [-0.15, -0.1) is 0 Å². The molecule has 1 saturated heterocycles. The van der Waals surface area contributed by atoms with Gasteiger partial charge in [-0.1, -0.05) is 30.3 Å². The first-order valence-corrected chi connectivity index (χ1v) is 11.0. The lowest BCUT2D eigenvalue weighted by atomic mass is 9.81. The van der Waals surface area contributed by atoms with Gasteiger partial charge in [0.25, 0.3) is 0 Å². The van der Waals surface area contributed by atoms with Gasteiger partial charge in [-0.3, -0.25) is 9.78 Å². The Kier molecular flexibility index (Phi) is 5.39. The standard InChI is InChI=1S/C26H26FN3O2/c1-29-23-10-9-17(19-7-2-3-8-22(19)27)14-21(23)26-20(24(29)16-31)11-13-30(26)25(32)15-18-6-4-5-12-28-18/h2-10,12,14,20,24,26,31H,11,13,15-16H2,1H3/t20-,24+,26-/m1/s1. The van der Waals surface area contributed by atoms with Gasteiger partial charge < -0.3 is 14.9 Å². The topological polar surface area (TPSA) is 56.7 Å². The first kappa shape index (κ1) is 20.6. The van der Waals surface area contributed by atoms with E-state index < -0.39 is 0 Å². The summed E-state index contributed by atoms with van der Waals surface area (Å²) < 4.78 is 14.5. The van der Waals surface area contributed by atoms with Gasteiger partial charge in [0, 0.05) is 42.7 Å². The molecule has 5 rings (SSSR count). The summed E-state index contributed by atoms with van der Waals surface area (Å²) in [5, 5.41) is 10.2. The SMILES string of the molecule is CN1c2ccc(-c3ccccc3F)cc2[C@H]2[C@H](CCN2C(=O)Cc2ccccn2)[C@@H]1CO. The molecule has 0 bridgehead atoms. The number of fused-ring (bicyclic) bond motifs is 3. The number of amides is 1. The van der Waals surface area contributed by atoms with E-state index in [2.05, 4.69) is 9.88 Å². The van der Waals surface area contributed by atoms with Crippen LogP contribution in [0.4, 0.5) is 10.1 Å². The number of likely N-dealkylation sites (tertiary alicyclic amines) is 1. The Labute approximate surface area is 187 Å². The summed E-state index contributed by atoms with van der Waals surface area (Å²) in [5.74, 6) is -0.128. The smallest absolute Gasteiger partial charge is 0.229 e. The van der Waals surface area contributed by atoms with Crippen LogP contribution in [0.1, 0.15) is 23.7 Å². The first-order valence-electron chi connectivity index (χ1n) is 11.0. The Morgan fingerprint density at radius 3 is 2.72 bits per heavy atom. The van der Waals surface area contributed by atoms with E-state index in [-0.39, 0.29) is 42.8 Å². The number of halogens is 1. The lowest BCUT2D eigenvalue weighted by Gasteiger charge is -2.44. The van der Waals surface area contributed by atoms with E-state index in [1.165, 1.54) is 6.07 Å². The summed E-state index contributed by atoms with van der Waals surface area (Å²) in [6, 6.07) is 18.0. The highest BCUT2D eigenvalue weighted by atomic mass is 19.1. The van der Waals surface area contributed by atoms with Crippen LogP contribution in [0.15, 0.2) is 66.9 Å². The van der Waals surface area contributed by atoms with Crippen LogP contribution < -0.4 is 4.90 Å². The number of aromatic nitrogens is 1. The van der Waals surface area contributed by atoms with Crippen molar-refractivity contribution in [2.24, 2.45) is 5.92 Å². The molecular formula is C26H26FN3O2. The molecule has 0 unspecified atom stereocenters. The Hall–Kier alpha value is -3.25. The number of hydrogen-bond donors (Lipinski definition) is 1. The zero-order chi connectivity index (χ0) is 22.2. The van der Waals surface area contributed by atoms with Crippen molar-refractivity contribution in [3.05, 3.63) is 83.9 Å². The van der Waals surface area contributed by atoms with E-state index >= 15 is 0 Å². The minimum Gasteiger partial charge on any atom is -0.394 e. The van der Waals surface area contributed by atoms with E-state index in [0.717, 1.165) is 28.9 Å². The summed E-state index contributed by atoms with van der Waals surface area (Å²) in [6.07, 6.45) is 2.76. The highest BCUT2D eigenvalue weighted by molar-refractivity contribution is 5.80. The molecule has 1 aromatic heterocycles. The van der Waals surface area contributed by atoms with Crippen LogP contribution in [-0.4, -0.2) is 47.1 Å². The molecule has 2 aliphatic heterocycles. The van der Waals surface area contributed by atoms with Gasteiger partial charge in [-0.25, -0.2) is 4.39 Å². The normalized spacial score (nSPS) is 21.9. The van der Waals surface area contributed by atoms with Crippen molar-refractivity contribution in [3.63, 3.8) is 0 Å². The maximum absolute atomic E-state index is 14.5. The molecule has 6 heteroatoms. The number of anilines is 1. The number of rotatable bonds is 4. The van der Waals surface area contributed by atoms with Crippen LogP contribution in [-0.2, 0) is 11.2 Å². The molecule has 3 aromatic rings. The van der Waals surface area contributed by atoms with E-state index in [0.29, 0.717) is 12.1 Å². The van der Waals surface area contributed by atoms with Crippen LogP contribution in [0, 0.1) is 11.7 Å². The fourth-order valence-corrected chi connectivity index (χ4v) is 5.36. The van der Waals surface area contributed by atoms with Crippen molar-refractivity contribution >= 4 is 11.6 Å². The highest BCUT2D eigenvalue weighted by Crippen LogP contribution is 2.49. The Morgan fingerprint density at radius 2 is 1.97 bits per heavy atom. The van der Waals surface area contributed by atoms with Crippen LogP contribution >= 0.6 is 0 Å². The molecular weight excluding hydrogens is 405 g/mol. The minimum absolute atomic E-state index is 0.0223. The van der Waals surface area contributed by atoms with Crippen LogP contribution in [0.25, 0.3) is 11.1 Å². The predicted octanol–water partition coefficient (Wildman–Crippen LogP) is 3.83. The molecule has 1 amide bonds. The number of benzene rings is 2. The molecule has 164 valence electrons. The summed E-state index contributed by atoms with van der Waals surface area (Å²) in [7, 11) is 1.98. The fraction of sp³-hybridized carbons (Fsp3) is 0.308. The molecule has 0 radical (unpaired) electrons. The van der Waals surface area contributed by atoms with Gasteiger partial charge >= 0.3 is 0 Å². The molecule has 32 heavy (non-hydrogen) atoms. The second-order valence-electron chi connectivity index (χ2n) is 8.60. The summed E-state index contributed by atoms with van der Waals surface area (Å²) >= 11 is 0. The fourth-order valence-electron chi connectivity index (χ4n) is 5.36. The second-order valence-corrected chi connectivity index (χ2v) is 8.60. The van der Waals surface area contributed by atoms with Crippen molar-refractivity contribution < 1.29 is 14.3 Å². The maximum atomic E-state index is 14.5. The number of aliphatic hydroxyl groups excluding tert-OH is 1. The summed E-state index contributed by atoms with van der Waals surface area (Å²) in [4.78, 5) is 21.7. The van der Waals surface area contributed by atoms with Crippen molar-refractivity contribution in [1.29, 1.82) is 0 Å². The molecule has 0 saturated carbocycles. The van der Waals surface area contributed by atoms with E-state index in [1.807, 2.05) is 54.4 Å². The largest absolute Gasteiger partial charge is 0.394 e. The van der Waals surface area contributed by atoms with Gasteiger partial charge in [-0.2, -0.15) is 0 Å². The van der Waals surface area contributed by atoms with Crippen molar-refractivity contribution in [2.45, 2.75) is 24.9 Å². The maximum Gasteiger partial charge on any atom is 0.229 e. The molecule has 0 spiro atoms. The molecule has 2 aromatic carbocycles. The molecule has 1 N–H and O–H groups in total. The lowest BCUT2D eigenvalue weighted by Crippen LogP contribution is -2.48. The number of nitrogens with zero attached hydrogens (tertiary/aromatic N) is 3. The number of likely N-dealkylation sites (N-methyl/N-ethyl adjacent to an activating group) is 1. The number of hydrogen-bond acceptors (Lipinski definition) is 4. The zero-order valence-electron chi connectivity index (χ0n) is 18.0. The summed E-state index contributed by atoms with van der Waals surface area (Å²) in [5.41, 5.74) is 4.06. The zero-order valence-corrected chi connectivity index (χ0v) is 18.0. The average Bonchev–Trinajstić information content (AvgIpc) is 3.25. The number of pyridine rings is 1. The van der Waals surface area contributed by atoms with Crippen molar-refractivity contribution in [1.82, 2.24) is 9.88 Å². The molecule has 2 aliphatic rings. The number of carbonyl (C=O) groups is 1. The molecule has 3 heterocycles. The quantitative estimate of drug-likeness (QED) is 0.682. The minimum atomic E-state index is -0.268. The van der Waals surface area contributed by atoms with Gasteiger partial charge in [0.05, 0.1) is 25.1 Å². The second kappa shape index (κ2) is 8.36. The van der Waals surface area contributed by atoms with E-state index in [1.54, 1.807) is 18.3 Å². The van der Waals surface area contributed by atoms with E-state index in [4.69, 9.17) is 0 Å². The van der Waals surface area contributed by atoms with E-state index in [9.17, 15) is 14.3 Å². The molecule has 3 atom stereocenters. The van der Waals surface area contributed by atoms with Crippen molar-refractivity contribution in [3.8, 4) is 11.1 Å². The van der Waals surface area contributed by atoms with Crippen LogP contribution in [0.2, 0.25) is 0 Å². The van der Waals surface area contributed by atoms with Crippen LogP contribution in [0.5, 0.6) is 0 Å². The van der Waals surface area contributed by atoms with Crippen LogP contribution in [0.3, 0.4) is 0 Å². The third-order valence-corrected chi connectivity index (χ3v) is 6.91. The average molecular weight is 432 g/mol. The van der Waals surface area contributed by atoms with Gasteiger partial charge in [-0.05, 0) is 47.9 Å². The van der Waals surface area contributed by atoms with Gasteiger partial charge in [0.1, 0.15) is 5.82 Å². The molecule has 5 nitrogen and oxygen atoms in total.